The van der Waals surface area contributed by atoms with E-state index in [2.05, 4.69) is 5.32 Å². The van der Waals surface area contributed by atoms with E-state index in [-0.39, 0.29) is 22.9 Å². The number of sulfonamides is 1. The largest absolute Gasteiger partial charge is 0.495 e. The SMILES string of the molecule is COc1ccccc1N(CC(=O)N(Cc1c(Cl)cccc1Cl)[C@@H](C)C(=O)NC(C)(C)C)S(=O)(=O)c1ccc(C)cc1. The smallest absolute Gasteiger partial charge is 0.264 e. The highest BCUT2D eigenvalue weighted by Gasteiger charge is 2.35. The van der Waals surface area contributed by atoms with E-state index in [1.807, 2.05) is 27.7 Å². The molecular formula is C30H35Cl2N3O5S. The molecule has 0 radical (unpaired) electrons. The van der Waals surface area contributed by atoms with Gasteiger partial charge < -0.3 is 15.0 Å². The molecule has 0 aliphatic rings. The van der Waals surface area contributed by atoms with Crippen LogP contribution in [0.3, 0.4) is 0 Å². The van der Waals surface area contributed by atoms with E-state index < -0.39 is 40.0 Å². The van der Waals surface area contributed by atoms with Gasteiger partial charge in [-0.3, -0.25) is 13.9 Å². The number of para-hydroxylation sites is 2. The Hall–Kier alpha value is -3.27. The molecule has 11 heteroatoms. The molecule has 0 saturated carbocycles. The summed E-state index contributed by atoms with van der Waals surface area (Å²) in [5.41, 5.74) is 0.918. The Morgan fingerprint density at radius 1 is 0.951 bits per heavy atom. The highest BCUT2D eigenvalue weighted by molar-refractivity contribution is 7.92. The number of methoxy groups -OCH3 is 1. The summed E-state index contributed by atoms with van der Waals surface area (Å²) in [6, 6.07) is 16.8. The van der Waals surface area contributed by atoms with E-state index in [1.54, 1.807) is 61.5 Å². The molecule has 0 aliphatic heterocycles. The zero-order chi connectivity index (χ0) is 30.5. The number of halogens is 2. The van der Waals surface area contributed by atoms with Gasteiger partial charge in [0.25, 0.3) is 10.0 Å². The fourth-order valence-electron chi connectivity index (χ4n) is 4.10. The number of hydrogen-bond donors (Lipinski definition) is 1. The first kappa shape index (κ1) is 32.2. The molecular weight excluding hydrogens is 585 g/mol. The lowest BCUT2D eigenvalue weighted by Crippen LogP contribution is -2.54. The van der Waals surface area contributed by atoms with Crippen LogP contribution < -0.4 is 14.4 Å². The minimum absolute atomic E-state index is 0.000952. The number of benzene rings is 3. The molecule has 3 rings (SSSR count). The van der Waals surface area contributed by atoms with E-state index >= 15 is 0 Å². The van der Waals surface area contributed by atoms with Crippen LogP contribution in [-0.4, -0.2) is 50.4 Å². The monoisotopic (exact) mass is 619 g/mol. The summed E-state index contributed by atoms with van der Waals surface area (Å²) in [5.74, 6) is -0.798. The van der Waals surface area contributed by atoms with Crippen molar-refractivity contribution in [3.8, 4) is 5.75 Å². The molecule has 0 unspecified atom stereocenters. The second kappa shape index (κ2) is 13.1. The number of hydrogen-bond acceptors (Lipinski definition) is 5. The molecule has 0 saturated heterocycles. The van der Waals surface area contributed by atoms with Crippen molar-refractivity contribution in [2.75, 3.05) is 18.0 Å². The zero-order valence-electron chi connectivity index (χ0n) is 23.9. The molecule has 41 heavy (non-hydrogen) atoms. The highest BCUT2D eigenvalue weighted by Crippen LogP contribution is 2.33. The highest BCUT2D eigenvalue weighted by atomic mass is 35.5. The Balaban J connectivity index is 2.12. The fraction of sp³-hybridized carbons (Fsp3) is 0.333. The standard InChI is InChI=1S/C30H35Cl2N3O5S/c1-20-14-16-22(17-15-20)41(38,39)35(26-12-7-8-13-27(26)40-6)19-28(36)34(21(2)29(37)33-30(3,4)5)18-23-24(31)10-9-11-25(23)32/h7-17,21H,18-19H2,1-6H3,(H,33,37)/t21-/m0/s1. The topological polar surface area (TPSA) is 96.0 Å². The first-order chi connectivity index (χ1) is 19.2. The average molecular weight is 621 g/mol. The summed E-state index contributed by atoms with van der Waals surface area (Å²) in [6.07, 6.45) is 0. The van der Waals surface area contributed by atoms with Crippen molar-refractivity contribution in [1.82, 2.24) is 10.2 Å². The molecule has 0 bridgehead atoms. The van der Waals surface area contributed by atoms with Crippen molar-refractivity contribution >= 4 is 50.7 Å². The maximum Gasteiger partial charge on any atom is 0.264 e. The predicted octanol–water partition coefficient (Wildman–Crippen LogP) is 5.84. The molecule has 1 atom stereocenters. The number of nitrogens with one attached hydrogen (secondary N) is 1. The van der Waals surface area contributed by atoms with Gasteiger partial charge in [0.2, 0.25) is 11.8 Å². The number of carbonyl (C=O) groups excluding carboxylic acids is 2. The fourth-order valence-corrected chi connectivity index (χ4v) is 6.04. The van der Waals surface area contributed by atoms with Gasteiger partial charge in [-0.05, 0) is 71.0 Å². The molecule has 0 aliphatic carbocycles. The van der Waals surface area contributed by atoms with Gasteiger partial charge in [0, 0.05) is 27.7 Å². The molecule has 1 N–H and O–H groups in total. The number of carbonyl (C=O) groups is 2. The number of nitrogens with zero attached hydrogens (tertiary/aromatic N) is 2. The number of amides is 2. The van der Waals surface area contributed by atoms with Crippen molar-refractivity contribution in [2.45, 2.75) is 57.6 Å². The Morgan fingerprint density at radius 2 is 1.54 bits per heavy atom. The summed E-state index contributed by atoms with van der Waals surface area (Å²) in [4.78, 5) is 28.6. The molecule has 3 aromatic carbocycles. The van der Waals surface area contributed by atoms with Crippen molar-refractivity contribution < 1.29 is 22.7 Å². The summed E-state index contributed by atoms with van der Waals surface area (Å²) < 4.78 is 34.5. The van der Waals surface area contributed by atoms with E-state index in [9.17, 15) is 18.0 Å². The van der Waals surface area contributed by atoms with Crippen LogP contribution in [-0.2, 0) is 26.2 Å². The van der Waals surface area contributed by atoms with E-state index in [4.69, 9.17) is 27.9 Å². The summed E-state index contributed by atoms with van der Waals surface area (Å²) in [7, 11) is -2.82. The Morgan fingerprint density at radius 3 is 2.10 bits per heavy atom. The molecule has 0 heterocycles. The predicted molar refractivity (Wildman–Crippen MR) is 163 cm³/mol. The lowest BCUT2D eigenvalue weighted by atomic mass is 10.1. The summed E-state index contributed by atoms with van der Waals surface area (Å²) >= 11 is 12.9. The third-order valence-corrected chi connectivity index (χ3v) is 8.78. The Labute approximate surface area is 252 Å². The van der Waals surface area contributed by atoms with Crippen LogP contribution >= 0.6 is 23.2 Å². The van der Waals surface area contributed by atoms with Crippen molar-refractivity contribution in [3.63, 3.8) is 0 Å². The normalized spacial score (nSPS) is 12.4. The van der Waals surface area contributed by atoms with E-state index in [0.717, 1.165) is 9.87 Å². The molecule has 2 amide bonds. The van der Waals surface area contributed by atoms with Gasteiger partial charge in [0.1, 0.15) is 18.3 Å². The van der Waals surface area contributed by atoms with Gasteiger partial charge in [-0.2, -0.15) is 0 Å². The zero-order valence-corrected chi connectivity index (χ0v) is 26.3. The van der Waals surface area contributed by atoms with Crippen molar-refractivity contribution in [3.05, 3.63) is 87.9 Å². The van der Waals surface area contributed by atoms with Crippen LogP contribution in [0, 0.1) is 6.92 Å². The maximum atomic E-state index is 14.1. The molecule has 8 nitrogen and oxygen atoms in total. The lowest BCUT2D eigenvalue weighted by molar-refractivity contribution is -0.140. The third kappa shape index (κ3) is 7.93. The second-order valence-electron chi connectivity index (χ2n) is 10.6. The van der Waals surface area contributed by atoms with Gasteiger partial charge in [-0.1, -0.05) is 59.1 Å². The minimum atomic E-state index is -4.24. The average Bonchev–Trinajstić information content (AvgIpc) is 2.90. The van der Waals surface area contributed by atoms with Crippen molar-refractivity contribution in [2.24, 2.45) is 0 Å². The number of anilines is 1. The van der Waals surface area contributed by atoms with Crippen LogP contribution in [0.2, 0.25) is 10.0 Å². The van der Waals surface area contributed by atoms with Crippen molar-refractivity contribution in [1.29, 1.82) is 0 Å². The number of ether oxygens (including phenoxy) is 1. The van der Waals surface area contributed by atoms with E-state index in [0.29, 0.717) is 15.6 Å². The quantitative estimate of drug-likeness (QED) is 0.308. The Bertz CT molecular complexity index is 1490. The molecule has 220 valence electrons. The van der Waals surface area contributed by atoms with E-state index in [1.165, 1.54) is 24.1 Å². The van der Waals surface area contributed by atoms with Crippen LogP contribution in [0.1, 0.15) is 38.8 Å². The summed E-state index contributed by atoms with van der Waals surface area (Å²) in [6.45, 7) is 8.16. The molecule has 0 aromatic heterocycles. The molecule has 0 fully saturated rings. The second-order valence-corrected chi connectivity index (χ2v) is 13.3. The van der Waals surface area contributed by atoms with Crippen LogP contribution in [0.4, 0.5) is 5.69 Å². The van der Waals surface area contributed by atoms with Gasteiger partial charge in [0.05, 0.1) is 17.7 Å². The van der Waals surface area contributed by atoms with Gasteiger partial charge in [-0.15, -0.1) is 0 Å². The van der Waals surface area contributed by atoms with Gasteiger partial charge >= 0.3 is 0 Å². The molecule has 3 aromatic rings. The molecule has 0 spiro atoms. The van der Waals surface area contributed by atoms with Crippen LogP contribution in [0.15, 0.2) is 71.6 Å². The summed E-state index contributed by atoms with van der Waals surface area (Å²) in [5, 5.41) is 3.51. The van der Waals surface area contributed by atoms with Crippen LogP contribution in [0.5, 0.6) is 5.75 Å². The number of rotatable bonds is 10. The first-order valence-electron chi connectivity index (χ1n) is 12.9. The first-order valence-corrected chi connectivity index (χ1v) is 15.1. The lowest BCUT2D eigenvalue weighted by Gasteiger charge is -2.34. The Kier molecular flexibility index (Phi) is 10.3. The van der Waals surface area contributed by atoms with Gasteiger partial charge in [0.15, 0.2) is 0 Å². The minimum Gasteiger partial charge on any atom is -0.495 e. The maximum absolute atomic E-state index is 14.1. The third-order valence-electron chi connectivity index (χ3n) is 6.30. The number of aryl methyl sites for hydroxylation is 1. The van der Waals surface area contributed by atoms with Gasteiger partial charge in [-0.25, -0.2) is 8.42 Å². The van der Waals surface area contributed by atoms with Crippen LogP contribution in [0.25, 0.3) is 0 Å².